The number of hydrogen-bond acceptors (Lipinski definition) is 6. The van der Waals surface area contributed by atoms with E-state index in [4.69, 9.17) is 4.74 Å². The lowest BCUT2D eigenvalue weighted by Gasteiger charge is -2.33. The first-order valence-electron chi connectivity index (χ1n) is 11.7. The molecule has 0 radical (unpaired) electrons. The number of carbonyl (C=O) groups is 3. The summed E-state index contributed by atoms with van der Waals surface area (Å²) in [6.07, 6.45) is -1.10. The van der Waals surface area contributed by atoms with Crippen LogP contribution in [0.5, 0.6) is 0 Å². The van der Waals surface area contributed by atoms with Crippen LogP contribution in [-0.4, -0.2) is 74.3 Å². The van der Waals surface area contributed by atoms with Crippen molar-refractivity contribution >= 4 is 28.5 Å². The van der Waals surface area contributed by atoms with Crippen LogP contribution in [0, 0.1) is 11.3 Å². The maximum absolute atomic E-state index is 13.6. The van der Waals surface area contributed by atoms with Crippen molar-refractivity contribution in [3.05, 3.63) is 48.0 Å². The Morgan fingerprint density at radius 2 is 1.66 bits per heavy atom. The molecule has 0 heterocycles. The average Bonchev–Trinajstić information content (AvgIpc) is 2.82. The van der Waals surface area contributed by atoms with Crippen LogP contribution in [0.4, 0.5) is 0 Å². The molecular formula is C26H38N4O5. The highest BCUT2D eigenvalue weighted by Gasteiger charge is 2.39. The molecule has 0 aliphatic rings. The second-order valence-electron chi connectivity index (χ2n) is 9.98. The zero-order chi connectivity index (χ0) is 26.2. The molecule has 0 aliphatic carbocycles. The van der Waals surface area contributed by atoms with Gasteiger partial charge in [0.15, 0.2) is 0 Å². The van der Waals surface area contributed by atoms with E-state index in [1.165, 1.54) is 7.05 Å². The number of benzene rings is 2. The molecule has 9 nitrogen and oxygen atoms in total. The molecule has 3 amide bonds. The second kappa shape index (κ2) is 12.6. The van der Waals surface area contributed by atoms with Gasteiger partial charge in [0, 0.05) is 13.6 Å². The van der Waals surface area contributed by atoms with Crippen molar-refractivity contribution in [1.82, 2.24) is 21.0 Å². The summed E-state index contributed by atoms with van der Waals surface area (Å²) in [5.74, 6) is -2.68. The fourth-order valence-electron chi connectivity index (χ4n) is 3.83. The van der Waals surface area contributed by atoms with Gasteiger partial charge in [0.25, 0.3) is 5.91 Å². The summed E-state index contributed by atoms with van der Waals surface area (Å²) in [5, 5.41) is 16.9. The predicted molar refractivity (Wildman–Crippen MR) is 135 cm³/mol. The maximum atomic E-state index is 13.6. The fourth-order valence-corrected chi connectivity index (χ4v) is 3.83. The van der Waals surface area contributed by atoms with Gasteiger partial charge in [-0.2, -0.15) is 0 Å². The maximum Gasteiger partial charge on any atom is 0.273 e. The minimum absolute atomic E-state index is 0.168. The number of rotatable bonds is 11. The van der Waals surface area contributed by atoms with Crippen LogP contribution in [0.2, 0.25) is 0 Å². The quantitative estimate of drug-likeness (QED) is 0.284. The number of ether oxygens (including phenoxy) is 1. The Balaban J connectivity index is 2.43. The van der Waals surface area contributed by atoms with E-state index in [1.54, 1.807) is 5.48 Å². The molecule has 0 bridgehead atoms. The molecule has 2 aromatic rings. The van der Waals surface area contributed by atoms with Crippen LogP contribution in [0.25, 0.3) is 10.8 Å². The van der Waals surface area contributed by atoms with E-state index in [1.807, 2.05) is 82.2 Å². The minimum atomic E-state index is -1.27. The monoisotopic (exact) mass is 486 g/mol. The molecule has 0 saturated carbocycles. The normalized spacial score (nSPS) is 14.3. The predicted octanol–water partition coefficient (Wildman–Crippen LogP) is 1.73. The molecule has 0 saturated heterocycles. The van der Waals surface area contributed by atoms with Gasteiger partial charge in [-0.25, -0.2) is 5.48 Å². The van der Waals surface area contributed by atoms with E-state index in [0.29, 0.717) is 6.54 Å². The lowest BCUT2D eigenvalue weighted by atomic mass is 9.84. The highest BCUT2D eigenvalue weighted by molar-refractivity contribution is 5.93. The van der Waals surface area contributed by atoms with Crippen molar-refractivity contribution in [2.75, 3.05) is 34.3 Å². The first-order valence-corrected chi connectivity index (χ1v) is 11.7. The summed E-state index contributed by atoms with van der Waals surface area (Å²) in [6, 6.07) is 12.8. The molecule has 0 unspecified atom stereocenters. The van der Waals surface area contributed by atoms with E-state index in [0.717, 1.165) is 16.3 Å². The van der Waals surface area contributed by atoms with Gasteiger partial charge in [-0.05, 0) is 42.3 Å². The molecular weight excluding hydrogens is 448 g/mol. The first kappa shape index (κ1) is 28.2. The molecule has 35 heavy (non-hydrogen) atoms. The van der Waals surface area contributed by atoms with E-state index in [2.05, 4.69) is 10.6 Å². The first-order chi connectivity index (χ1) is 16.5. The molecule has 3 atom stereocenters. The zero-order valence-electron chi connectivity index (χ0n) is 21.4. The summed E-state index contributed by atoms with van der Waals surface area (Å²) in [4.78, 5) is 40.7. The molecule has 4 N–H and O–H groups in total. The smallest absolute Gasteiger partial charge is 0.273 e. The number of hydrogen-bond donors (Lipinski definition) is 4. The van der Waals surface area contributed by atoms with E-state index >= 15 is 0 Å². The van der Waals surface area contributed by atoms with Gasteiger partial charge in [0.2, 0.25) is 11.8 Å². The van der Waals surface area contributed by atoms with E-state index < -0.39 is 35.3 Å². The van der Waals surface area contributed by atoms with Crippen molar-refractivity contribution < 1.29 is 24.3 Å². The van der Waals surface area contributed by atoms with Gasteiger partial charge >= 0.3 is 0 Å². The Bertz CT molecular complexity index is 1020. The molecule has 2 rings (SSSR count). The van der Waals surface area contributed by atoms with Crippen molar-refractivity contribution in [3.8, 4) is 0 Å². The van der Waals surface area contributed by atoms with E-state index in [-0.39, 0.29) is 18.9 Å². The van der Waals surface area contributed by atoms with Gasteiger partial charge < -0.3 is 20.3 Å². The number of carbonyl (C=O) groups excluding carboxylic acids is 3. The summed E-state index contributed by atoms with van der Waals surface area (Å²) in [7, 11) is 5.23. The Labute approximate surface area is 207 Å². The van der Waals surface area contributed by atoms with Crippen molar-refractivity contribution in [2.24, 2.45) is 11.3 Å². The highest BCUT2D eigenvalue weighted by atomic mass is 16.5. The summed E-state index contributed by atoms with van der Waals surface area (Å²) < 4.78 is 5.83. The number of nitrogens with zero attached hydrogens (tertiary/aromatic N) is 1. The standard InChI is InChI=1S/C26H38N4O5/c1-26(2,3)22(25(33)27-4)28-23(31)20(21(24(32)29-34)35-14-13-30(5)6)16-17-11-12-18-9-7-8-10-19(18)15-17/h7-12,15,20-22,34H,13-14,16H2,1-6H3,(H,27,33)(H,28,31)(H,29,32)/t20-,21+,22-/m1/s1. The third-order valence-corrected chi connectivity index (χ3v) is 5.84. The zero-order valence-corrected chi connectivity index (χ0v) is 21.4. The van der Waals surface area contributed by atoms with Crippen LogP contribution in [0.3, 0.4) is 0 Å². The van der Waals surface area contributed by atoms with Gasteiger partial charge in [-0.3, -0.25) is 19.6 Å². The highest BCUT2D eigenvalue weighted by Crippen LogP contribution is 2.24. The lowest BCUT2D eigenvalue weighted by Crippen LogP contribution is -2.57. The fraction of sp³-hybridized carbons (Fsp3) is 0.500. The average molecular weight is 487 g/mol. The number of amides is 3. The number of fused-ring (bicyclic) bond motifs is 1. The van der Waals surface area contributed by atoms with Gasteiger partial charge in [0.1, 0.15) is 12.1 Å². The summed E-state index contributed by atoms with van der Waals surface area (Å²) >= 11 is 0. The number of likely N-dealkylation sites (N-methyl/N-ethyl adjacent to an activating group) is 2. The second-order valence-corrected chi connectivity index (χ2v) is 9.98. The largest absolute Gasteiger partial charge is 0.366 e. The number of nitrogens with one attached hydrogen (secondary N) is 3. The molecule has 192 valence electrons. The van der Waals surface area contributed by atoms with Gasteiger partial charge in [0.05, 0.1) is 12.5 Å². The SMILES string of the molecule is CNC(=O)[C@@H](NC(=O)[C@H](Cc1ccc2ccccc2c1)[C@H](OCCN(C)C)C(=O)NO)C(C)(C)C. The minimum Gasteiger partial charge on any atom is -0.366 e. The van der Waals surface area contributed by atoms with Crippen LogP contribution in [0.15, 0.2) is 42.5 Å². The molecule has 0 aliphatic heterocycles. The third kappa shape index (κ3) is 8.02. The lowest BCUT2D eigenvalue weighted by molar-refractivity contribution is -0.151. The van der Waals surface area contributed by atoms with Crippen LogP contribution in [-0.2, 0) is 25.5 Å². The summed E-state index contributed by atoms with van der Waals surface area (Å²) in [6.45, 7) is 6.22. The Kier molecular flexibility index (Phi) is 10.2. The number of hydroxylamine groups is 1. The van der Waals surface area contributed by atoms with Crippen LogP contribution in [0.1, 0.15) is 26.3 Å². The summed E-state index contributed by atoms with van der Waals surface area (Å²) in [5.41, 5.74) is 1.88. The van der Waals surface area contributed by atoms with Gasteiger partial charge in [-0.1, -0.05) is 63.2 Å². The molecule has 0 spiro atoms. The molecule has 0 fully saturated rings. The van der Waals surface area contributed by atoms with Crippen molar-refractivity contribution in [3.63, 3.8) is 0 Å². The van der Waals surface area contributed by atoms with E-state index in [9.17, 15) is 19.6 Å². The Morgan fingerprint density at radius 1 is 1.00 bits per heavy atom. The Hall–Kier alpha value is -3.01. The van der Waals surface area contributed by atoms with Crippen molar-refractivity contribution in [2.45, 2.75) is 39.3 Å². The Morgan fingerprint density at radius 3 is 2.23 bits per heavy atom. The molecule has 0 aromatic heterocycles. The molecule has 2 aromatic carbocycles. The topological polar surface area (TPSA) is 120 Å². The van der Waals surface area contributed by atoms with Crippen LogP contribution < -0.4 is 16.1 Å². The van der Waals surface area contributed by atoms with Crippen molar-refractivity contribution in [1.29, 1.82) is 0 Å². The van der Waals surface area contributed by atoms with Crippen LogP contribution >= 0.6 is 0 Å². The molecule has 9 heteroatoms. The van der Waals surface area contributed by atoms with Gasteiger partial charge in [-0.15, -0.1) is 0 Å². The third-order valence-electron chi connectivity index (χ3n) is 5.84.